The van der Waals surface area contributed by atoms with E-state index >= 15 is 0 Å². The van der Waals surface area contributed by atoms with E-state index in [2.05, 4.69) is 22.0 Å². The number of benzene rings is 1. The van der Waals surface area contributed by atoms with Crippen LogP contribution in [0.25, 0.3) is 0 Å². The number of anilines is 2. The molecule has 1 aliphatic carbocycles. The molecule has 118 valence electrons. The van der Waals surface area contributed by atoms with E-state index in [0.29, 0.717) is 24.0 Å². The van der Waals surface area contributed by atoms with Crippen molar-refractivity contribution in [1.82, 2.24) is 9.62 Å². The zero-order valence-corrected chi connectivity index (χ0v) is 13.4. The molecule has 0 unspecified atom stereocenters. The predicted molar refractivity (Wildman–Crippen MR) is 85.9 cm³/mol. The van der Waals surface area contributed by atoms with Gasteiger partial charge in [-0.2, -0.15) is 0 Å². The van der Waals surface area contributed by atoms with Crippen molar-refractivity contribution in [3.8, 4) is 0 Å². The van der Waals surface area contributed by atoms with Crippen LogP contribution >= 0.6 is 0 Å². The predicted octanol–water partition coefficient (Wildman–Crippen LogP) is 1.07. The monoisotopic (exact) mass is 312 g/mol. The molecule has 0 spiro atoms. The first-order valence-electron chi connectivity index (χ1n) is 7.27. The minimum absolute atomic E-state index is 0.233. The van der Waals surface area contributed by atoms with Crippen LogP contribution in [0.3, 0.4) is 0 Å². The molecule has 4 N–H and O–H groups in total. The fourth-order valence-corrected chi connectivity index (χ4v) is 3.26. The third-order valence-corrected chi connectivity index (χ3v) is 5.16. The molecule has 1 saturated carbocycles. The highest BCUT2D eigenvalue weighted by Crippen LogP contribution is 2.25. The van der Waals surface area contributed by atoms with Gasteiger partial charge in [0.2, 0.25) is 10.0 Å². The lowest BCUT2D eigenvalue weighted by Gasteiger charge is -2.17. The Bertz CT molecular complexity index is 585. The molecule has 1 fully saturated rings. The zero-order valence-electron chi connectivity index (χ0n) is 12.6. The summed E-state index contributed by atoms with van der Waals surface area (Å²) in [6.07, 6.45) is 2.55. The van der Waals surface area contributed by atoms with Gasteiger partial charge in [0.25, 0.3) is 0 Å². The van der Waals surface area contributed by atoms with E-state index in [1.165, 1.54) is 18.9 Å². The van der Waals surface area contributed by atoms with Crippen molar-refractivity contribution in [3.05, 3.63) is 18.2 Å². The minimum Gasteiger partial charge on any atom is -0.397 e. The Morgan fingerprint density at radius 3 is 2.71 bits per heavy atom. The molecule has 0 aliphatic heterocycles. The third kappa shape index (κ3) is 4.33. The molecule has 1 aliphatic rings. The topological polar surface area (TPSA) is 87.5 Å². The van der Waals surface area contributed by atoms with Crippen molar-refractivity contribution in [1.29, 1.82) is 0 Å². The Hall–Kier alpha value is -1.31. The van der Waals surface area contributed by atoms with Crippen molar-refractivity contribution in [2.75, 3.05) is 37.7 Å². The van der Waals surface area contributed by atoms with Crippen molar-refractivity contribution in [2.24, 2.45) is 0 Å². The normalized spacial score (nSPS) is 15.4. The van der Waals surface area contributed by atoms with E-state index < -0.39 is 10.0 Å². The summed E-state index contributed by atoms with van der Waals surface area (Å²) in [5, 5.41) is 3.22. The highest BCUT2D eigenvalue weighted by Gasteiger charge is 2.25. The quantitative estimate of drug-likeness (QED) is 0.625. The highest BCUT2D eigenvalue weighted by molar-refractivity contribution is 7.89. The molecule has 0 atom stereocenters. The summed E-state index contributed by atoms with van der Waals surface area (Å²) in [6, 6.07) is 5.45. The molecule has 0 bridgehead atoms. The van der Waals surface area contributed by atoms with E-state index in [-0.39, 0.29) is 4.90 Å². The molecule has 0 amide bonds. The van der Waals surface area contributed by atoms with Crippen molar-refractivity contribution in [2.45, 2.75) is 30.7 Å². The van der Waals surface area contributed by atoms with E-state index in [1.807, 2.05) is 0 Å². The van der Waals surface area contributed by atoms with Crippen molar-refractivity contribution >= 4 is 21.4 Å². The Balaban J connectivity index is 2.01. The lowest BCUT2D eigenvalue weighted by molar-refractivity contribution is 0.337. The number of nitrogens with two attached hydrogens (primary N) is 1. The van der Waals surface area contributed by atoms with Crippen LogP contribution in [0.1, 0.15) is 19.8 Å². The molecule has 6 nitrogen and oxygen atoms in total. The Morgan fingerprint density at radius 1 is 1.38 bits per heavy atom. The second kappa shape index (κ2) is 6.64. The smallest absolute Gasteiger partial charge is 0.240 e. The third-order valence-electron chi connectivity index (χ3n) is 3.62. The maximum absolute atomic E-state index is 12.0. The fourth-order valence-electron chi connectivity index (χ4n) is 2.19. The number of nitrogen functional groups attached to an aromatic ring is 1. The summed E-state index contributed by atoms with van der Waals surface area (Å²) in [7, 11) is -1.34. The molecule has 0 radical (unpaired) electrons. The number of hydrogen-bond acceptors (Lipinski definition) is 5. The molecule has 0 heterocycles. The molecule has 21 heavy (non-hydrogen) atoms. The molecule has 2 rings (SSSR count). The van der Waals surface area contributed by atoms with Crippen LogP contribution in [0.5, 0.6) is 0 Å². The molecule has 1 aromatic carbocycles. The van der Waals surface area contributed by atoms with Crippen LogP contribution in [-0.2, 0) is 10.0 Å². The lowest BCUT2D eigenvalue weighted by Crippen LogP contribution is -2.27. The van der Waals surface area contributed by atoms with Crippen LogP contribution in [-0.4, -0.2) is 46.0 Å². The number of rotatable bonds is 8. The van der Waals surface area contributed by atoms with Gasteiger partial charge in [-0.15, -0.1) is 0 Å². The largest absolute Gasteiger partial charge is 0.397 e. The first-order chi connectivity index (χ1) is 9.94. The summed E-state index contributed by atoms with van der Waals surface area (Å²) in [4.78, 5) is 2.54. The molecular formula is C14H24N4O2S. The summed E-state index contributed by atoms with van der Waals surface area (Å²) >= 11 is 0. The summed E-state index contributed by atoms with van der Waals surface area (Å²) < 4.78 is 26.5. The number of likely N-dealkylation sites (N-methyl/N-ethyl adjacent to an activating group) is 1. The standard InChI is InChI=1S/C14H24N4O2S/c1-3-17-21(19,20)12-6-7-13(15)14(10-12)16-8-9-18(2)11-4-5-11/h6-7,10-11,16-17H,3-5,8-9,15H2,1-2H3. The summed E-state index contributed by atoms with van der Waals surface area (Å²) in [5.74, 6) is 0. The maximum atomic E-state index is 12.0. The zero-order chi connectivity index (χ0) is 15.5. The number of hydrogen-bond donors (Lipinski definition) is 3. The van der Waals surface area contributed by atoms with E-state index in [0.717, 1.165) is 13.1 Å². The van der Waals surface area contributed by atoms with Gasteiger partial charge in [-0.05, 0) is 38.1 Å². The van der Waals surface area contributed by atoms with Gasteiger partial charge < -0.3 is 16.0 Å². The number of sulfonamides is 1. The van der Waals surface area contributed by atoms with E-state index in [4.69, 9.17) is 5.73 Å². The van der Waals surface area contributed by atoms with Gasteiger partial charge in [0.15, 0.2) is 0 Å². The van der Waals surface area contributed by atoms with Crippen LogP contribution in [0.2, 0.25) is 0 Å². The van der Waals surface area contributed by atoms with Crippen LogP contribution in [0.15, 0.2) is 23.1 Å². The Labute approximate surface area is 126 Å². The van der Waals surface area contributed by atoms with Gasteiger partial charge in [-0.3, -0.25) is 0 Å². The van der Waals surface area contributed by atoms with Gasteiger partial charge >= 0.3 is 0 Å². The molecule has 0 aromatic heterocycles. The van der Waals surface area contributed by atoms with E-state index in [1.54, 1.807) is 19.1 Å². The second-order valence-electron chi connectivity index (χ2n) is 5.39. The first-order valence-corrected chi connectivity index (χ1v) is 8.75. The van der Waals surface area contributed by atoms with Gasteiger partial charge in [-0.1, -0.05) is 6.92 Å². The van der Waals surface area contributed by atoms with Gasteiger partial charge in [0.05, 0.1) is 16.3 Å². The van der Waals surface area contributed by atoms with E-state index in [9.17, 15) is 8.42 Å². The van der Waals surface area contributed by atoms with Crippen molar-refractivity contribution in [3.63, 3.8) is 0 Å². The van der Waals surface area contributed by atoms with Crippen LogP contribution in [0.4, 0.5) is 11.4 Å². The lowest BCUT2D eigenvalue weighted by atomic mass is 10.2. The van der Waals surface area contributed by atoms with Crippen LogP contribution < -0.4 is 15.8 Å². The average molecular weight is 312 g/mol. The van der Waals surface area contributed by atoms with Crippen molar-refractivity contribution < 1.29 is 8.42 Å². The second-order valence-corrected chi connectivity index (χ2v) is 7.16. The van der Waals surface area contributed by atoms with Gasteiger partial charge in [-0.25, -0.2) is 13.1 Å². The van der Waals surface area contributed by atoms with Crippen LogP contribution in [0, 0.1) is 0 Å². The molecule has 1 aromatic rings. The maximum Gasteiger partial charge on any atom is 0.240 e. The molecule has 0 saturated heterocycles. The summed E-state index contributed by atoms with van der Waals surface area (Å²) in [6.45, 7) is 3.76. The number of nitrogens with zero attached hydrogens (tertiary/aromatic N) is 1. The number of nitrogens with one attached hydrogen (secondary N) is 2. The molecular weight excluding hydrogens is 288 g/mol. The fraction of sp³-hybridized carbons (Fsp3) is 0.571. The average Bonchev–Trinajstić information content (AvgIpc) is 3.24. The Morgan fingerprint density at radius 2 is 2.10 bits per heavy atom. The molecule has 7 heteroatoms. The summed E-state index contributed by atoms with van der Waals surface area (Å²) in [5.41, 5.74) is 7.12. The van der Waals surface area contributed by atoms with Gasteiger partial charge in [0, 0.05) is 25.7 Å². The minimum atomic E-state index is -3.45. The Kier molecular flexibility index (Phi) is 5.08. The first kappa shape index (κ1) is 16.1. The van der Waals surface area contributed by atoms with Gasteiger partial charge in [0.1, 0.15) is 0 Å². The highest BCUT2D eigenvalue weighted by atomic mass is 32.2. The SMILES string of the molecule is CCNS(=O)(=O)c1ccc(N)c(NCCN(C)C2CC2)c1.